The van der Waals surface area contributed by atoms with Gasteiger partial charge in [-0.05, 0) is 73.5 Å². The van der Waals surface area contributed by atoms with Crippen molar-refractivity contribution in [2.45, 2.75) is 26.3 Å². The predicted molar refractivity (Wildman–Crippen MR) is 122 cm³/mol. The van der Waals surface area contributed by atoms with E-state index >= 15 is 0 Å². The van der Waals surface area contributed by atoms with E-state index in [-0.39, 0.29) is 24.4 Å². The Morgan fingerprint density at radius 1 is 0.935 bits per heavy atom. The van der Waals surface area contributed by atoms with E-state index in [1.54, 1.807) is 29.2 Å². The molecule has 0 aromatic heterocycles. The molecule has 1 saturated heterocycles. The number of nitrogens with one attached hydrogen (secondary N) is 2. The minimum Gasteiger partial charge on any atom is -0.457 e. The van der Waals surface area contributed by atoms with Crippen LogP contribution in [0.5, 0.6) is 11.5 Å². The van der Waals surface area contributed by atoms with Crippen LogP contribution in [-0.4, -0.2) is 24.5 Å². The highest BCUT2D eigenvalue weighted by Gasteiger charge is 2.31. The van der Waals surface area contributed by atoms with Gasteiger partial charge in [-0.15, -0.1) is 0 Å². The van der Waals surface area contributed by atoms with Gasteiger partial charge in [0.2, 0.25) is 5.91 Å². The molecule has 1 fully saturated rings. The van der Waals surface area contributed by atoms with Gasteiger partial charge in [0.15, 0.2) is 0 Å². The Labute approximate surface area is 181 Å². The summed E-state index contributed by atoms with van der Waals surface area (Å²) in [4.78, 5) is 26.6. The average Bonchev–Trinajstić information content (AvgIpc) is 3.12. The van der Waals surface area contributed by atoms with Gasteiger partial charge in [-0.3, -0.25) is 4.79 Å². The van der Waals surface area contributed by atoms with Crippen LogP contribution in [0.1, 0.15) is 17.5 Å². The van der Waals surface area contributed by atoms with Crippen molar-refractivity contribution in [2.24, 2.45) is 0 Å². The number of amides is 3. The first-order chi connectivity index (χ1) is 15.0. The predicted octanol–water partition coefficient (Wildman–Crippen LogP) is 5.02. The Kier molecular flexibility index (Phi) is 5.89. The molecule has 3 aromatic carbocycles. The molecule has 6 nitrogen and oxygen atoms in total. The summed E-state index contributed by atoms with van der Waals surface area (Å²) in [5, 5.41) is 5.70. The average molecular weight is 415 g/mol. The summed E-state index contributed by atoms with van der Waals surface area (Å²) < 4.78 is 5.76. The van der Waals surface area contributed by atoms with Gasteiger partial charge in [-0.1, -0.05) is 24.3 Å². The van der Waals surface area contributed by atoms with Gasteiger partial charge in [0.25, 0.3) is 0 Å². The van der Waals surface area contributed by atoms with E-state index in [9.17, 15) is 9.59 Å². The first-order valence-corrected chi connectivity index (χ1v) is 10.3. The van der Waals surface area contributed by atoms with E-state index in [1.807, 2.05) is 62.4 Å². The van der Waals surface area contributed by atoms with Crippen molar-refractivity contribution in [3.63, 3.8) is 0 Å². The van der Waals surface area contributed by atoms with E-state index in [0.717, 1.165) is 17.0 Å². The van der Waals surface area contributed by atoms with Gasteiger partial charge in [-0.2, -0.15) is 0 Å². The van der Waals surface area contributed by atoms with Crippen molar-refractivity contribution < 1.29 is 14.3 Å². The van der Waals surface area contributed by atoms with Gasteiger partial charge >= 0.3 is 6.03 Å². The van der Waals surface area contributed by atoms with Gasteiger partial charge in [0.1, 0.15) is 11.5 Å². The molecule has 2 N–H and O–H groups in total. The van der Waals surface area contributed by atoms with Crippen LogP contribution in [0.4, 0.5) is 16.2 Å². The zero-order valence-corrected chi connectivity index (χ0v) is 17.6. The maximum absolute atomic E-state index is 12.4. The zero-order chi connectivity index (χ0) is 21.8. The van der Waals surface area contributed by atoms with E-state index in [2.05, 4.69) is 10.6 Å². The first-order valence-electron chi connectivity index (χ1n) is 10.3. The lowest BCUT2D eigenvalue weighted by Gasteiger charge is -2.18. The number of anilines is 2. The van der Waals surface area contributed by atoms with E-state index < -0.39 is 0 Å². The Bertz CT molecular complexity index is 1080. The summed E-state index contributed by atoms with van der Waals surface area (Å²) in [6.45, 7) is 4.53. The van der Waals surface area contributed by atoms with Crippen molar-refractivity contribution in [2.75, 3.05) is 16.8 Å². The molecule has 0 radical (unpaired) electrons. The first kappa shape index (κ1) is 20.5. The van der Waals surface area contributed by atoms with Crippen LogP contribution in [0.2, 0.25) is 0 Å². The number of hydrogen-bond acceptors (Lipinski definition) is 3. The molecule has 0 spiro atoms. The van der Waals surface area contributed by atoms with E-state index in [4.69, 9.17) is 4.74 Å². The monoisotopic (exact) mass is 415 g/mol. The lowest BCUT2D eigenvalue weighted by Crippen LogP contribution is -2.39. The van der Waals surface area contributed by atoms with Crippen LogP contribution in [0.3, 0.4) is 0 Å². The number of hydrogen-bond donors (Lipinski definition) is 2. The number of ether oxygens (including phenoxy) is 1. The summed E-state index contributed by atoms with van der Waals surface area (Å²) in [6.07, 6.45) is 0.282. The van der Waals surface area contributed by atoms with Gasteiger partial charge in [0, 0.05) is 24.3 Å². The number of rotatable bonds is 5. The summed E-state index contributed by atoms with van der Waals surface area (Å²) in [5.74, 6) is 1.44. The van der Waals surface area contributed by atoms with Gasteiger partial charge in [0.05, 0.1) is 6.04 Å². The summed E-state index contributed by atoms with van der Waals surface area (Å²) >= 11 is 0. The fraction of sp³-hybridized carbons (Fsp3) is 0.200. The molecular weight excluding hydrogens is 390 g/mol. The quantitative estimate of drug-likeness (QED) is 0.614. The van der Waals surface area contributed by atoms with Crippen molar-refractivity contribution in [3.8, 4) is 11.5 Å². The molecule has 1 atom stereocenters. The highest BCUT2D eigenvalue weighted by atomic mass is 16.5. The largest absolute Gasteiger partial charge is 0.457 e. The Balaban J connectivity index is 1.31. The fourth-order valence-corrected chi connectivity index (χ4v) is 3.53. The molecule has 31 heavy (non-hydrogen) atoms. The molecule has 0 bridgehead atoms. The van der Waals surface area contributed by atoms with Crippen molar-refractivity contribution in [3.05, 3.63) is 83.9 Å². The number of para-hydroxylation sites is 1. The molecular formula is C25H25N3O3. The Hall–Kier alpha value is -3.80. The molecule has 1 unspecified atom stereocenters. The molecule has 3 amide bonds. The van der Waals surface area contributed by atoms with Crippen LogP contribution >= 0.6 is 0 Å². The lowest BCUT2D eigenvalue weighted by molar-refractivity contribution is -0.117. The smallest absolute Gasteiger partial charge is 0.319 e. The molecule has 1 aliphatic rings. The summed E-state index contributed by atoms with van der Waals surface area (Å²) in [5.41, 5.74) is 3.84. The molecule has 6 heteroatoms. The molecule has 0 aliphatic carbocycles. The second-order valence-corrected chi connectivity index (χ2v) is 7.71. The van der Waals surface area contributed by atoms with Crippen LogP contribution < -0.4 is 20.3 Å². The Morgan fingerprint density at radius 2 is 1.65 bits per heavy atom. The molecule has 4 rings (SSSR count). The second-order valence-electron chi connectivity index (χ2n) is 7.71. The molecule has 3 aromatic rings. The van der Waals surface area contributed by atoms with E-state index in [0.29, 0.717) is 18.0 Å². The lowest BCUT2D eigenvalue weighted by atomic mass is 10.1. The van der Waals surface area contributed by atoms with Crippen LogP contribution in [0.15, 0.2) is 72.8 Å². The number of urea groups is 1. The molecule has 158 valence electrons. The highest BCUT2D eigenvalue weighted by molar-refractivity contribution is 5.97. The minimum absolute atomic E-state index is 0.0102. The number of nitrogens with zero attached hydrogens (tertiary/aromatic N) is 1. The standard InChI is InChI=1S/C25H25N3O3/c1-17-8-11-21(14-18(17)2)28-16-20(15-24(28)29)27-25(30)26-19-9-12-23(13-10-19)31-22-6-4-3-5-7-22/h3-14,20H,15-16H2,1-2H3,(H2,26,27,30). The maximum atomic E-state index is 12.4. The van der Waals surface area contributed by atoms with Gasteiger partial charge < -0.3 is 20.3 Å². The minimum atomic E-state index is -0.337. The summed E-state index contributed by atoms with van der Waals surface area (Å²) in [6, 6.07) is 22.0. The second kappa shape index (κ2) is 8.92. The highest BCUT2D eigenvalue weighted by Crippen LogP contribution is 2.25. The topological polar surface area (TPSA) is 70.7 Å². The van der Waals surface area contributed by atoms with Crippen molar-refractivity contribution in [1.82, 2.24) is 5.32 Å². The van der Waals surface area contributed by atoms with Crippen LogP contribution in [0.25, 0.3) is 0 Å². The molecule has 1 aliphatic heterocycles. The van der Waals surface area contributed by atoms with Crippen LogP contribution in [-0.2, 0) is 4.79 Å². The SMILES string of the molecule is Cc1ccc(N2CC(NC(=O)Nc3ccc(Oc4ccccc4)cc3)CC2=O)cc1C. The number of carbonyl (C=O) groups is 2. The van der Waals surface area contributed by atoms with Crippen LogP contribution in [0, 0.1) is 13.8 Å². The third-order valence-corrected chi connectivity index (χ3v) is 5.35. The van der Waals surface area contributed by atoms with E-state index in [1.165, 1.54) is 5.56 Å². The molecule has 0 saturated carbocycles. The van der Waals surface area contributed by atoms with Gasteiger partial charge in [-0.25, -0.2) is 4.79 Å². The number of carbonyl (C=O) groups excluding carboxylic acids is 2. The fourth-order valence-electron chi connectivity index (χ4n) is 3.53. The number of benzene rings is 3. The molecule has 1 heterocycles. The Morgan fingerprint density at radius 3 is 2.35 bits per heavy atom. The summed E-state index contributed by atoms with van der Waals surface area (Å²) in [7, 11) is 0. The van der Waals surface area contributed by atoms with Crippen molar-refractivity contribution in [1.29, 1.82) is 0 Å². The van der Waals surface area contributed by atoms with Crippen molar-refractivity contribution >= 4 is 23.3 Å². The normalized spacial score (nSPS) is 15.6. The zero-order valence-electron chi connectivity index (χ0n) is 17.6. The maximum Gasteiger partial charge on any atom is 0.319 e. The third kappa shape index (κ3) is 5.04. The number of aryl methyl sites for hydroxylation is 2. The third-order valence-electron chi connectivity index (χ3n) is 5.35.